The van der Waals surface area contributed by atoms with Crippen LogP contribution in [0, 0.1) is 5.41 Å². The lowest BCUT2D eigenvalue weighted by molar-refractivity contribution is -0.139. The summed E-state index contributed by atoms with van der Waals surface area (Å²) in [5.41, 5.74) is 1.18. The molecule has 6 nitrogen and oxygen atoms in total. The molecule has 1 aromatic heterocycles. The number of hydrogen-bond acceptors (Lipinski definition) is 5. The molecule has 0 amide bonds. The molecule has 0 aromatic carbocycles. The number of carbonyl (C=O) groups is 1. The minimum Gasteiger partial charge on any atom is -0.497 e. The van der Waals surface area contributed by atoms with Gasteiger partial charge in [0, 0.05) is 25.4 Å². The Hall–Kier alpha value is -1.66. The predicted octanol–water partition coefficient (Wildman–Crippen LogP) is 1.12. The maximum Gasteiger partial charge on any atom is 0.320 e. The molecule has 1 aromatic rings. The molecule has 0 aliphatic carbocycles. The maximum absolute atomic E-state index is 11.1. The Morgan fingerprint density at radius 3 is 2.95 bits per heavy atom. The van der Waals surface area contributed by atoms with Gasteiger partial charge in [-0.1, -0.05) is 0 Å². The van der Waals surface area contributed by atoms with Crippen molar-refractivity contribution in [1.82, 2.24) is 15.2 Å². The van der Waals surface area contributed by atoms with Crippen LogP contribution in [-0.2, 0) is 11.3 Å². The quantitative estimate of drug-likeness (QED) is 0.868. The summed E-state index contributed by atoms with van der Waals surface area (Å²) < 4.78 is 5.23. The largest absolute Gasteiger partial charge is 0.497 e. The first-order valence-corrected chi connectivity index (χ1v) is 7.78. The minimum atomic E-state index is -0.722. The molecule has 3 rings (SSSR count). The van der Waals surface area contributed by atoms with E-state index in [1.165, 1.54) is 0 Å². The summed E-state index contributed by atoms with van der Waals surface area (Å²) in [4.78, 5) is 17.9. The van der Waals surface area contributed by atoms with Crippen LogP contribution in [0.5, 0.6) is 5.75 Å². The van der Waals surface area contributed by atoms with Gasteiger partial charge >= 0.3 is 5.97 Å². The van der Waals surface area contributed by atoms with Crippen LogP contribution in [0.2, 0.25) is 0 Å². The standard InChI is InChI=1S/C16H23N3O3/c1-22-13-2-5-17-12(8-13)10-19-6-3-16(4-7-19)9-14(15(20)21)18-11-16/h2,5,8,14,18H,3-4,6-7,9-11H2,1H3,(H,20,21)/t14-/m1/s1. The van der Waals surface area contributed by atoms with Crippen LogP contribution in [0.3, 0.4) is 0 Å². The van der Waals surface area contributed by atoms with Gasteiger partial charge in [0.05, 0.1) is 12.8 Å². The SMILES string of the molecule is COc1ccnc(CN2CCC3(CC2)CN[C@@H](C(=O)O)C3)c1. The maximum atomic E-state index is 11.1. The molecule has 1 atom stereocenters. The highest BCUT2D eigenvalue weighted by Crippen LogP contribution is 2.39. The summed E-state index contributed by atoms with van der Waals surface area (Å²) in [6.07, 6.45) is 4.63. The van der Waals surface area contributed by atoms with Crippen molar-refractivity contribution >= 4 is 5.97 Å². The highest BCUT2D eigenvalue weighted by atomic mass is 16.5. The number of nitrogens with zero attached hydrogens (tertiary/aromatic N) is 2. The summed E-state index contributed by atoms with van der Waals surface area (Å²) in [7, 11) is 1.66. The molecule has 6 heteroatoms. The van der Waals surface area contributed by atoms with Gasteiger partial charge in [0.15, 0.2) is 0 Å². The molecule has 2 fully saturated rings. The van der Waals surface area contributed by atoms with Gasteiger partial charge in [-0.05, 0) is 43.8 Å². The van der Waals surface area contributed by atoms with Gasteiger partial charge in [0.1, 0.15) is 11.8 Å². The summed E-state index contributed by atoms with van der Waals surface area (Å²) >= 11 is 0. The topological polar surface area (TPSA) is 74.7 Å². The van der Waals surface area contributed by atoms with Crippen molar-refractivity contribution in [3.8, 4) is 5.75 Å². The fraction of sp³-hybridized carbons (Fsp3) is 0.625. The lowest BCUT2D eigenvalue weighted by Gasteiger charge is -2.38. The van der Waals surface area contributed by atoms with E-state index in [0.717, 1.165) is 56.9 Å². The van der Waals surface area contributed by atoms with E-state index >= 15 is 0 Å². The number of carboxylic acids is 1. The number of piperidine rings is 1. The van der Waals surface area contributed by atoms with Gasteiger partial charge in [0.25, 0.3) is 0 Å². The van der Waals surface area contributed by atoms with E-state index < -0.39 is 5.97 Å². The Labute approximate surface area is 130 Å². The van der Waals surface area contributed by atoms with Crippen LogP contribution >= 0.6 is 0 Å². The highest BCUT2D eigenvalue weighted by Gasteiger charge is 2.43. The lowest BCUT2D eigenvalue weighted by atomic mass is 9.76. The second-order valence-corrected chi connectivity index (χ2v) is 6.44. The number of nitrogens with one attached hydrogen (secondary N) is 1. The van der Waals surface area contributed by atoms with E-state index in [9.17, 15) is 4.79 Å². The Morgan fingerprint density at radius 1 is 1.55 bits per heavy atom. The third-order valence-electron chi connectivity index (χ3n) is 4.98. The molecule has 22 heavy (non-hydrogen) atoms. The van der Waals surface area contributed by atoms with Gasteiger partial charge in [0.2, 0.25) is 0 Å². The number of likely N-dealkylation sites (tertiary alicyclic amines) is 1. The molecule has 1 spiro atoms. The average molecular weight is 305 g/mol. The van der Waals surface area contributed by atoms with Gasteiger partial charge < -0.3 is 15.2 Å². The van der Waals surface area contributed by atoms with Crippen molar-refractivity contribution in [2.45, 2.75) is 31.8 Å². The van der Waals surface area contributed by atoms with Crippen LogP contribution in [0.25, 0.3) is 0 Å². The summed E-state index contributed by atoms with van der Waals surface area (Å²) in [6.45, 7) is 3.64. The van der Waals surface area contributed by atoms with E-state index in [-0.39, 0.29) is 11.5 Å². The Balaban J connectivity index is 1.55. The number of rotatable bonds is 4. The van der Waals surface area contributed by atoms with Gasteiger partial charge in [-0.3, -0.25) is 14.7 Å². The van der Waals surface area contributed by atoms with E-state index in [1.54, 1.807) is 13.3 Å². The Kier molecular flexibility index (Phi) is 4.31. The monoisotopic (exact) mass is 305 g/mol. The Morgan fingerprint density at radius 2 is 2.32 bits per heavy atom. The second kappa shape index (κ2) is 6.22. The molecule has 0 unspecified atom stereocenters. The second-order valence-electron chi connectivity index (χ2n) is 6.44. The molecule has 2 aliphatic heterocycles. The van der Waals surface area contributed by atoms with E-state index in [0.29, 0.717) is 0 Å². The number of carboxylic acid groups (broad SMARTS) is 1. The number of pyridine rings is 1. The number of aliphatic carboxylic acids is 1. The minimum absolute atomic E-state index is 0.168. The zero-order chi connectivity index (χ0) is 15.6. The van der Waals surface area contributed by atoms with Gasteiger partial charge in [-0.25, -0.2) is 0 Å². The average Bonchev–Trinajstić information content (AvgIpc) is 2.94. The van der Waals surface area contributed by atoms with E-state index in [2.05, 4.69) is 15.2 Å². The summed E-state index contributed by atoms with van der Waals surface area (Å²) in [6, 6.07) is 3.46. The molecular formula is C16H23N3O3. The number of aromatic nitrogens is 1. The molecule has 2 saturated heterocycles. The normalized spacial score (nSPS) is 24.5. The molecule has 2 N–H and O–H groups in total. The third-order valence-corrected chi connectivity index (χ3v) is 4.98. The lowest BCUT2D eigenvalue weighted by Crippen LogP contribution is -2.40. The molecule has 0 saturated carbocycles. The predicted molar refractivity (Wildman–Crippen MR) is 81.8 cm³/mol. The fourth-order valence-electron chi connectivity index (χ4n) is 3.56. The van der Waals surface area contributed by atoms with Crippen molar-refractivity contribution in [2.24, 2.45) is 5.41 Å². The van der Waals surface area contributed by atoms with Crippen molar-refractivity contribution in [2.75, 3.05) is 26.7 Å². The van der Waals surface area contributed by atoms with Crippen LogP contribution in [-0.4, -0.2) is 53.7 Å². The zero-order valence-corrected chi connectivity index (χ0v) is 12.9. The highest BCUT2D eigenvalue weighted by molar-refractivity contribution is 5.74. The summed E-state index contributed by atoms with van der Waals surface area (Å²) in [5, 5.41) is 12.3. The van der Waals surface area contributed by atoms with Crippen LogP contribution in [0.1, 0.15) is 25.0 Å². The summed E-state index contributed by atoms with van der Waals surface area (Å²) in [5.74, 6) is 0.114. The van der Waals surface area contributed by atoms with Crippen LogP contribution in [0.4, 0.5) is 0 Å². The molecule has 120 valence electrons. The number of hydrogen-bond donors (Lipinski definition) is 2. The zero-order valence-electron chi connectivity index (χ0n) is 12.9. The third kappa shape index (κ3) is 3.23. The van der Waals surface area contributed by atoms with Gasteiger partial charge in [-0.15, -0.1) is 0 Å². The van der Waals surface area contributed by atoms with Gasteiger partial charge in [-0.2, -0.15) is 0 Å². The molecule has 0 radical (unpaired) electrons. The van der Waals surface area contributed by atoms with E-state index in [1.807, 2.05) is 12.1 Å². The smallest absolute Gasteiger partial charge is 0.320 e. The van der Waals surface area contributed by atoms with Crippen LogP contribution in [0.15, 0.2) is 18.3 Å². The van der Waals surface area contributed by atoms with Crippen molar-refractivity contribution in [3.63, 3.8) is 0 Å². The molecule has 3 heterocycles. The van der Waals surface area contributed by atoms with Crippen molar-refractivity contribution in [3.05, 3.63) is 24.0 Å². The first kappa shape index (κ1) is 15.2. The fourth-order valence-corrected chi connectivity index (χ4v) is 3.56. The molecule has 0 bridgehead atoms. The molecular weight excluding hydrogens is 282 g/mol. The van der Waals surface area contributed by atoms with E-state index in [4.69, 9.17) is 9.84 Å². The number of ether oxygens (including phenoxy) is 1. The van der Waals surface area contributed by atoms with Crippen LogP contribution < -0.4 is 10.1 Å². The van der Waals surface area contributed by atoms with Crippen molar-refractivity contribution in [1.29, 1.82) is 0 Å². The Bertz CT molecular complexity index is 541. The molecule has 2 aliphatic rings. The first-order chi connectivity index (χ1) is 10.6. The first-order valence-electron chi connectivity index (χ1n) is 7.78. The van der Waals surface area contributed by atoms with Crippen molar-refractivity contribution < 1.29 is 14.6 Å². The number of methoxy groups -OCH3 is 1.